The Bertz CT molecular complexity index is 308. The van der Waals surface area contributed by atoms with Crippen LogP contribution in [0.1, 0.15) is 23.7 Å². The summed E-state index contributed by atoms with van der Waals surface area (Å²) < 4.78 is 0. The van der Waals surface area contributed by atoms with Crippen LogP contribution in [0, 0.1) is 6.92 Å². The minimum Gasteiger partial charge on any atom is -0.481 e. The summed E-state index contributed by atoms with van der Waals surface area (Å²) >= 11 is 0. The third kappa shape index (κ3) is 2.81. The molecule has 0 spiro atoms. The summed E-state index contributed by atoms with van der Waals surface area (Å²) in [5.41, 5.74) is 1.83. The molecule has 0 saturated heterocycles. The Hall–Kier alpha value is -1.42. The second kappa shape index (κ2) is 4.72. The highest BCUT2D eigenvalue weighted by atomic mass is 16.4. The van der Waals surface area contributed by atoms with Gasteiger partial charge in [0, 0.05) is 17.9 Å². The van der Waals surface area contributed by atoms with Gasteiger partial charge in [0.05, 0.1) is 6.42 Å². The van der Waals surface area contributed by atoms with Gasteiger partial charge in [-0.2, -0.15) is 0 Å². The Morgan fingerprint density at radius 1 is 1.64 bits per heavy atom. The molecule has 76 valence electrons. The van der Waals surface area contributed by atoms with Gasteiger partial charge in [-0.3, -0.25) is 9.78 Å². The summed E-state index contributed by atoms with van der Waals surface area (Å²) in [4.78, 5) is 14.7. The van der Waals surface area contributed by atoms with Gasteiger partial charge in [0.15, 0.2) is 0 Å². The van der Waals surface area contributed by atoms with E-state index in [-0.39, 0.29) is 12.5 Å². The first-order valence-corrected chi connectivity index (χ1v) is 4.45. The summed E-state index contributed by atoms with van der Waals surface area (Å²) in [5.74, 6) is -0.815. The lowest BCUT2D eigenvalue weighted by molar-refractivity contribution is -0.137. The number of aromatic nitrogens is 1. The number of carbonyl (C=O) groups is 1. The number of aryl methyl sites for hydroxylation is 1. The lowest BCUT2D eigenvalue weighted by Crippen LogP contribution is -2.19. The van der Waals surface area contributed by atoms with Gasteiger partial charge >= 0.3 is 5.97 Å². The summed E-state index contributed by atoms with van der Waals surface area (Å²) in [6.45, 7) is 1.90. The third-order valence-electron chi connectivity index (χ3n) is 2.06. The second-order valence-corrected chi connectivity index (χ2v) is 3.17. The Balaban J connectivity index is 2.78. The first kappa shape index (κ1) is 10.7. The molecule has 14 heavy (non-hydrogen) atoms. The SMILES string of the molecule is CNC(CC(=O)O)c1ccc(C)nc1. The largest absolute Gasteiger partial charge is 0.481 e. The van der Waals surface area contributed by atoms with Crippen molar-refractivity contribution in [3.05, 3.63) is 29.6 Å². The first-order chi connectivity index (χ1) is 6.63. The van der Waals surface area contributed by atoms with Crippen molar-refractivity contribution in [1.82, 2.24) is 10.3 Å². The Morgan fingerprint density at radius 2 is 2.36 bits per heavy atom. The van der Waals surface area contributed by atoms with Gasteiger partial charge in [0.2, 0.25) is 0 Å². The van der Waals surface area contributed by atoms with Crippen molar-refractivity contribution in [3.8, 4) is 0 Å². The van der Waals surface area contributed by atoms with Crippen LogP contribution in [0.2, 0.25) is 0 Å². The number of carboxylic acids is 1. The van der Waals surface area contributed by atoms with E-state index in [0.717, 1.165) is 11.3 Å². The maximum atomic E-state index is 10.5. The van der Waals surface area contributed by atoms with E-state index in [1.165, 1.54) is 0 Å². The van der Waals surface area contributed by atoms with Crippen LogP contribution in [0.3, 0.4) is 0 Å². The van der Waals surface area contributed by atoms with Gasteiger partial charge in [-0.1, -0.05) is 6.07 Å². The molecule has 0 aromatic carbocycles. The normalized spacial score (nSPS) is 12.4. The molecule has 0 aliphatic carbocycles. The van der Waals surface area contributed by atoms with E-state index in [1.54, 1.807) is 13.2 Å². The third-order valence-corrected chi connectivity index (χ3v) is 2.06. The second-order valence-electron chi connectivity index (χ2n) is 3.17. The van der Waals surface area contributed by atoms with Crippen LogP contribution in [0.4, 0.5) is 0 Å². The van der Waals surface area contributed by atoms with Crippen molar-refractivity contribution < 1.29 is 9.90 Å². The summed E-state index contributed by atoms with van der Waals surface area (Å²) in [5, 5.41) is 11.6. The van der Waals surface area contributed by atoms with E-state index >= 15 is 0 Å². The molecule has 0 radical (unpaired) electrons. The lowest BCUT2D eigenvalue weighted by atomic mass is 10.1. The van der Waals surface area contributed by atoms with Crippen LogP contribution < -0.4 is 5.32 Å². The molecule has 1 aromatic heterocycles. The quantitative estimate of drug-likeness (QED) is 0.754. The van der Waals surface area contributed by atoms with Crippen molar-refractivity contribution in [1.29, 1.82) is 0 Å². The molecule has 1 unspecified atom stereocenters. The number of hydrogen-bond acceptors (Lipinski definition) is 3. The van der Waals surface area contributed by atoms with Gasteiger partial charge < -0.3 is 10.4 Å². The van der Waals surface area contributed by atoms with E-state index in [2.05, 4.69) is 10.3 Å². The van der Waals surface area contributed by atoms with Gasteiger partial charge in [-0.25, -0.2) is 0 Å². The number of aliphatic carboxylic acids is 1. The highest BCUT2D eigenvalue weighted by Crippen LogP contribution is 2.15. The van der Waals surface area contributed by atoms with Crippen LogP contribution in [0.25, 0.3) is 0 Å². The smallest absolute Gasteiger partial charge is 0.305 e. The average molecular weight is 194 g/mol. The number of pyridine rings is 1. The fourth-order valence-corrected chi connectivity index (χ4v) is 1.25. The summed E-state index contributed by atoms with van der Waals surface area (Å²) in [6.07, 6.45) is 1.78. The molecule has 0 aliphatic heterocycles. The molecule has 1 rings (SSSR count). The number of nitrogens with one attached hydrogen (secondary N) is 1. The molecule has 2 N–H and O–H groups in total. The average Bonchev–Trinajstić information content (AvgIpc) is 2.15. The lowest BCUT2D eigenvalue weighted by Gasteiger charge is -2.13. The zero-order valence-electron chi connectivity index (χ0n) is 8.32. The Morgan fingerprint density at radius 3 is 2.79 bits per heavy atom. The van der Waals surface area contributed by atoms with E-state index in [0.29, 0.717) is 0 Å². The highest BCUT2D eigenvalue weighted by Gasteiger charge is 2.12. The molecule has 1 heterocycles. The van der Waals surface area contributed by atoms with Crippen molar-refractivity contribution in [2.24, 2.45) is 0 Å². The number of rotatable bonds is 4. The van der Waals surface area contributed by atoms with Crippen molar-refractivity contribution in [3.63, 3.8) is 0 Å². The van der Waals surface area contributed by atoms with E-state index in [9.17, 15) is 4.79 Å². The fraction of sp³-hybridized carbons (Fsp3) is 0.400. The minimum absolute atomic E-state index is 0.0707. The van der Waals surface area contributed by atoms with Gasteiger partial charge in [0.1, 0.15) is 0 Å². The van der Waals surface area contributed by atoms with Crippen LogP contribution in [0.5, 0.6) is 0 Å². The van der Waals surface area contributed by atoms with Crippen molar-refractivity contribution in [2.75, 3.05) is 7.05 Å². The zero-order chi connectivity index (χ0) is 10.6. The highest BCUT2D eigenvalue weighted by molar-refractivity contribution is 5.67. The van der Waals surface area contributed by atoms with E-state index < -0.39 is 5.97 Å². The molecule has 0 saturated carbocycles. The fourth-order valence-electron chi connectivity index (χ4n) is 1.25. The number of nitrogens with zero attached hydrogens (tertiary/aromatic N) is 1. The molecular formula is C10H14N2O2. The topological polar surface area (TPSA) is 62.2 Å². The zero-order valence-corrected chi connectivity index (χ0v) is 8.32. The van der Waals surface area contributed by atoms with Crippen LogP contribution in [-0.2, 0) is 4.79 Å². The maximum absolute atomic E-state index is 10.5. The number of hydrogen-bond donors (Lipinski definition) is 2. The Labute approximate surface area is 83.0 Å². The monoisotopic (exact) mass is 194 g/mol. The van der Waals surface area contributed by atoms with Crippen molar-refractivity contribution in [2.45, 2.75) is 19.4 Å². The predicted octanol–water partition coefficient (Wildman–Crippen LogP) is 1.13. The molecule has 0 fully saturated rings. The molecule has 0 bridgehead atoms. The van der Waals surface area contributed by atoms with Gasteiger partial charge in [-0.15, -0.1) is 0 Å². The molecule has 1 aromatic rings. The van der Waals surface area contributed by atoms with Gasteiger partial charge in [-0.05, 0) is 25.6 Å². The summed E-state index contributed by atoms with van der Waals surface area (Å²) in [6, 6.07) is 3.61. The van der Waals surface area contributed by atoms with Gasteiger partial charge in [0.25, 0.3) is 0 Å². The minimum atomic E-state index is -0.815. The summed E-state index contributed by atoms with van der Waals surface area (Å²) in [7, 11) is 1.74. The van der Waals surface area contributed by atoms with Crippen molar-refractivity contribution >= 4 is 5.97 Å². The van der Waals surface area contributed by atoms with Crippen LogP contribution in [0.15, 0.2) is 18.3 Å². The van der Waals surface area contributed by atoms with E-state index in [1.807, 2.05) is 19.1 Å². The number of carboxylic acid groups (broad SMARTS) is 1. The maximum Gasteiger partial charge on any atom is 0.305 e. The first-order valence-electron chi connectivity index (χ1n) is 4.45. The molecule has 4 nitrogen and oxygen atoms in total. The van der Waals surface area contributed by atoms with Crippen LogP contribution >= 0.6 is 0 Å². The Kier molecular flexibility index (Phi) is 3.59. The molecule has 0 aliphatic rings. The molecule has 4 heteroatoms. The molecule has 0 amide bonds. The molecular weight excluding hydrogens is 180 g/mol. The molecule has 1 atom stereocenters. The van der Waals surface area contributed by atoms with Crippen LogP contribution in [-0.4, -0.2) is 23.1 Å². The van der Waals surface area contributed by atoms with E-state index in [4.69, 9.17) is 5.11 Å². The predicted molar refractivity (Wildman–Crippen MR) is 53.0 cm³/mol. The standard InChI is InChI=1S/C10H14N2O2/c1-7-3-4-8(6-12-7)9(11-2)5-10(13)14/h3-4,6,9,11H,5H2,1-2H3,(H,13,14).